The minimum absolute atomic E-state index is 0.0131. The zero-order valence-corrected chi connectivity index (χ0v) is 25.7. The summed E-state index contributed by atoms with van der Waals surface area (Å²) in [6, 6.07) is 18.5. The van der Waals surface area contributed by atoms with Crippen molar-refractivity contribution in [3.63, 3.8) is 0 Å². The highest BCUT2D eigenvalue weighted by Crippen LogP contribution is 2.33. The molecule has 1 atom stereocenters. The fourth-order valence-electron chi connectivity index (χ4n) is 4.29. The number of para-hydroxylation sites is 2. The lowest BCUT2D eigenvalue weighted by Gasteiger charge is -2.33. The number of carbonyl (C=O) groups is 2. The molecule has 0 unspecified atom stereocenters. The number of hydrogen-bond donors (Lipinski definition) is 1. The van der Waals surface area contributed by atoms with Crippen LogP contribution >= 0.6 is 23.2 Å². The molecule has 11 heteroatoms. The maximum absolute atomic E-state index is 14.2. The number of nitrogens with one attached hydrogen (secondary N) is 1. The minimum atomic E-state index is -4.22. The molecule has 0 aliphatic rings. The third-order valence-corrected chi connectivity index (χ3v) is 8.70. The molecule has 0 aliphatic carbocycles. The number of anilines is 1. The zero-order chi connectivity index (χ0) is 30.0. The van der Waals surface area contributed by atoms with Gasteiger partial charge in [-0.2, -0.15) is 0 Å². The van der Waals surface area contributed by atoms with Crippen molar-refractivity contribution in [2.24, 2.45) is 0 Å². The summed E-state index contributed by atoms with van der Waals surface area (Å²) < 4.78 is 34.8. The van der Waals surface area contributed by atoms with E-state index >= 15 is 0 Å². The van der Waals surface area contributed by atoms with Gasteiger partial charge in [-0.25, -0.2) is 8.42 Å². The van der Waals surface area contributed by atoms with Gasteiger partial charge in [-0.3, -0.25) is 13.9 Å². The monoisotopic (exact) mass is 619 g/mol. The van der Waals surface area contributed by atoms with Gasteiger partial charge in [0, 0.05) is 23.1 Å². The summed E-state index contributed by atoms with van der Waals surface area (Å²) in [4.78, 5) is 28.8. The number of benzene rings is 3. The number of rotatable bonds is 14. The first kappa shape index (κ1) is 32.2. The number of ether oxygens (including phenoxy) is 1. The Morgan fingerprint density at radius 2 is 1.63 bits per heavy atom. The van der Waals surface area contributed by atoms with Gasteiger partial charge in [0.25, 0.3) is 10.0 Å². The first-order valence-corrected chi connectivity index (χ1v) is 15.6. The van der Waals surface area contributed by atoms with Crippen molar-refractivity contribution in [1.29, 1.82) is 0 Å². The van der Waals surface area contributed by atoms with Crippen LogP contribution in [0.5, 0.6) is 5.75 Å². The van der Waals surface area contributed by atoms with E-state index < -0.39 is 28.5 Å². The molecule has 3 rings (SSSR count). The molecule has 0 spiro atoms. The summed E-state index contributed by atoms with van der Waals surface area (Å²) in [5, 5.41) is 3.61. The van der Waals surface area contributed by atoms with Crippen LogP contribution in [0.3, 0.4) is 0 Å². The van der Waals surface area contributed by atoms with Gasteiger partial charge in [-0.1, -0.05) is 73.4 Å². The molecule has 220 valence electrons. The van der Waals surface area contributed by atoms with Crippen molar-refractivity contribution in [3.05, 3.63) is 88.4 Å². The van der Waals surface area contributed by atoms with E-state index in [1.54, 1.807) is 74.5 Å². The third-order valence-electron chi connectivity index (χ3n) is 6.33. The van der Waals surface area contributed by atoms with Crippen LogP contribution in [0, 0.1) is 0 Å². The summed E-state index contributed by atoms with van der Waals surface area (Å²) in [7, 11) is -4.22. The van der Waals surface area contributed by atoms with E-state index in [-0.39, 0.29) is 23.0 Å². The fourth-order valence-corrected chi connectivity index (χ4v) is 6.21. The van der Waals surface area contributed by atoms with Crippen LogP contribution in [0.4, 0.5) is 5.69 Å². The van der Waals surface area contributed by atoms with Crippen LogP contribution in [0.1, 0.15) is 39.2 Å². The summed E-state index contributed by atoms with van der Waals surface area (Å²) in [6.45, 7) is 5.64. The van der Waals surface area contributed by atoms with Crippen molar-refractivity contribution in [3.8, 4) is 5.75 Å². The number of halogens is 2. The molecule has 3 aromatic carbocycles. The molecule has 2 amide bonds. The van der Waals surface area contributed by atoms with Gasteiger partial charge >= 0.3 is 0 Å². The third kappa shape index (κ3) is 8.15. The van der Waals surface area contributed by atoms with Gasteiger partial charge in [0.05, 0.1) is 17.2 Å². The average Bonchev–Trinajstić information content (AvgIpc) is 2.96. The van der Waals surface area contributed by atoms with Gasteiger partial charge in [-0.05, 0) is 61.7 Å². The minimum Gasteiger partial charge on any atom is -0.492 e. The van der Waals surface area contributed by atoms with Crippen LogP contribution in [0.15, 0.2) is 77.7 Å². The highest BCUT2D eigenvalue weighted by Gasteiger charge is 2.34. The van der Waals surface area contributed by atoms with E-state index in [1.165, 1.54) is 17.0 Å². The van der Waals surface area contributed by atoms with Crippen LogP contribution < -0.4 is 14.4 Å². The maximum Gasteiger partial charge on any atom is 0.264 e. The Morgan fingerprint density at radius 3 is 2.27 bits per heavy atom. The van der Waals surface area contributed by atoms with E-state index in [2.05, 4.69) is 5.32 Å². The summed E-state index contributed by atoms with van der Waals surface area (Å²) >= 11 is 12.5. The van der Waals surface area contributed by atoms with Gasteiger partial charge in [0.1, 0.15) is 18.3 Å². The Hall–Kier alpha value is -3.27. The SMILES string of the molecule is CCCNC(=O)[C@@H](CC)N(Cc1ccc(Cl)cc1Cl)C(=O)CN(c1ccccc1OCC)S(=O)(=O)c1ccccc1. The normalized spacial score (nSPS) is 11.9. The quantitative estimate of drug-likeness (QED) is 0.242. The highest BCUT2D eigenvalue weighted by molar-refractivity contribution is 7.92. The predicted molar refractivity (Wildman–Crippen MR) is 163 cm³/mol. The lowest BCUT2D eigenvalue weighted by atomic mass is 10.1. The first-order chi connectivity index (χ1) is 19.6. The Bertz CT molecular complexity index is 1440. The van der Waals surface area contributed by atoms with Crippen molar-refractivity contribution >= 4 is 50.7 Å². The number of carbonyl (C=O) groups excluding carboxylic acids is 2. The first-order valence-electron chi connectivity index (χ1n) is 13.4. The molecule has 0 radical (unpaired) electrons. The lowest BCUT2D eigenvalue weighted by Crippen LogP contribution is -2.52. The summed E-state index contributed by atoms with van der Waals surface area (Å²) in [5.74, 6) is -0.609. The molecule has 0 aromatic heterocycles. The topological polar surface area (TPSA) is 96.0 Å². The van der Waals surface area contributed by atoms with Crippen LogP contribution in [0.2, 0.25) is 10.0 Å². The zero-order valence-electron chi connectivity index (χ0n) is 23.3. The van der Waals surface area contributed by atoms with Gasteiger partial charge in [-0.15, -0.1) is 0 Å². The second kappa shape index (κ2) is 15.1. The summed E-state index contributed by atoms with van der Waals surface area (Å²) in [6.07, 6.45) is 1.02. The largest absolute Gasteiger partial charge is 0.492 e. The molecule has 3 aromatic rings. The molecule has 0 heterocycles. The van der Waals surface area contributed by atoms with Crippen LogP contribution in [-0.2, 0) is 26.2 Å². The Labute approximate surface area is 252 Å². The van der Waals surface area contributed by atoms with Crippen molar-refractivity contribution in [2.45, 2.75) is 51.1 Å². The molecule has 1 N–H and O–H groups in total. The van der Waals surface area contributed by atoms with Crippen molar-refractivity contribution in [1.82, 2.24) is 10.2 Å². The second-order valence-electron chi connectivity index (χ2n) is 9.20. The molecule has 41 heavy (non-hydrogen) atoms. The molecule has 0 fully saturated rings. The molecule has 0 saturated heterocycles. The van der Waals surface area contributed by atoms with Crippen molar-refractivity contribution in [2.75, 3.05) is 24.0 Å². The number of hydrogen-bond acceptors (Lipinski definition) is 5. The van der Waals surface area contributed by atoms with Gasteiger partial charge in [0.15, 0.2) is 0 Å². The average molecular weight is 621 g/mol. The lowest BCUT2D eigenvalue weighted by molar-refractivity contribution is -0.140. The maximum atomic E-state index is 14.2. The Kier molecular flexibility index (Phi) is 11.9. The molecular weight excluding hydrogens is 585 g/mol. The standard InChI is InChI=1S/C30H35Cl2N3O5S/c1-4-18-33-30(37)26(5-2)34(20-22-16-17-23(31)19-25(22)32)29(36)21-35(27-14-10-11-15-28(27)40-6-3)41(38,39)24-12-8-7-9-13-24/h7-17,19,26H,4-6,18,20-21H2,1-3H3,(H,33,37)/t26-/m1/s1. The molecule has 0 saturated carbocycles. The van der Waals surface area contributed by atoms with E-state index in [9.17, 15) is 18.0 Å². The molecule has 8 nitrogen and oxygen atoms in total. The molecular formula is C30H35Cl2N3O5S. The Morgan fingerprint density at radius 1 is 0.951 bits per heavy atom. The van der Waals surface area contributed by atoms with E-state index in [0.717, 1.165) is 10.7 Å². The van der Waals surface area contributed by atoms with Crippen molar-refractivity contribution < 1.29 is 22.7 Å². The van der Waals surface area contributed by atoms with Gasteiger partial charge < -0.3 is 15.0 Å². The van der Waals surface area contributed by atoms with E-state index in [1.807, 2.05) is 6.92 Å². The smallest absolute Gasteiger partial charge is 0.264 e. The second-order valence-corrected chi connectivity index (χ2v) is 11.9. The highest BCUT2D eigenvalue weighted by atomic mass is 35.5. The fraction of sp³-hybridized carbons (Fsp3) is 0.333. The van der Waals surface area contributed by atoms with Gasteiger partial charge in [0.2, 0.25) is 11.8 Å². The van der Waals surface area contributed by atoms with E-state index in [0.29, 0.717) is 40.9 Å². The van der Waals surface area contributed by atoms with E-state index in [4.69, 9.17) is 27.9 Å². The molecule has 0 aliphatic heterocycles. The molecule has 0 bridgehead atoms. The number of nitrogens with zero attached hydrogens (tertiary/aromatic N) is 2. The number of amides is 2. The summed E-state index contributed by atoms with van der Waals surface area (Å²) in [5.41, 5.74) is 0.776. The Balaban J connectivity index is 2.11. The number of sulfonamides is 1. The predicted octanol–water partition coefficient (Wildman–Crippen LogP) is 5.92. The van der Waals surface area contributed by atoms with Crippen LogP contribution in [-0.4, -0.2) is 50.9 Å². The van der Waals surface area contributed by atoms with Crippen LogP contribution in [0.25, 0.3) is 0 Å².